The Labute approximate surface area is 243 Å². The summed E-state index contributed by atoms with van der Waals surface area (Å²) in [5.74, 6) is 0. The number of pyridine rings is 1. The summed E-state index contributed by atoms with van der Waals surface area (Å²) >= 11 is 1.90. The number of thiophene rings is 1. The van der Waals surface area contributed by atoms with Crippen molar-refractivity contribution in [3.8, 4) is 44.5 Å². The molecule has 1 nitrogen and oxygen atoms in total. The molecule has 8 rings (SSSR count). The van der Waals surface area contributed by atoms with Crippen LogP contribution in [0, 0.1) is 0 Å². The predicted octanol–water partition coefficient (Wildman–Crippen LogP) is 11.3. The van der Waals surface area contributed by atoms with Crippen molar-refractivity contribution in [1.29, 1.82) is 0 Å². The molecule has 0 saturated heterocycles. The van der Waals surface area contributed by atoms with Gasteiger partial charge in [0.05, 0.1) is 0 Å². The summed E-state index contributed by atoms with van der Waals surface area (Å²) in [6.45, 7) is 0. The van der Waals surface area contributed by atoms with Crippen molar-refractivity contribution in [1.82, 2.24) is 4.98 Å². The highest BCUT2D eigenvalue weighted by Gasteiger charge is 2.14. The van der Waals surface area contributed by atoms with Crippen LogP contribution < -0.4 is 0 Å². The predicted molar refractivity (Wildman–Crippen MR) is 176 cm³/mol. The highest BCUT2D eigenvalue weighted by molar-refractivity contribution is 7.26. The summed E-state index contributed by atoms with van der Waals surface area (Å²) in [5.41, 5.74) is 9.89. The van der Waals surface area contributed by atoms with E-state index in [2.05, 4.69) is 138 Å². The molecule has 8 aromatic rings. The molecule has 6 aromatic carbocycles. The third-order valence-electron chi connectivity index (χ3n) is 8.01. The maximum absolute atomic E-state index is 4.34. The van der Waals surface area contributed by atoms with Crippen molar-refractivity contribution in [3.63, 3.8) is 0 Å². The summed E-state index contributed by atoms with van der Waals surface area (Å²) in [5, 5.41) is 5.14. The van der Waals surface area contributed by atoms with Gasteiger partial charge in [-0.1, -0.05) is 133 Å². The van der Waals surface area contributed by atoms with Crippen molar-refractivity contribution in [2.45, 2.75) is 0 Å². The zero-order valence-electron chi connectivity index (χ0n) is 22.3. The molecule has 0 fully saturated rings. The van der Waals surface area contributed by atoms with E-state index in [1.54, 1.807) is 0 Å². The smallest absolute Gasteiger partial charge is 0.0434 e. The van der Waals surface area contributed by atoms with Gasteiger partial charge in [0.25, 0.3) is 0 Å². The fourth-order valence-corrected chi connectivity index (χ4v) is 7.42. The lowest BCUT2D eigenvalue weighted by molar-refractivity contribution is 1.33. The van der Waals surface area contributed by atoms with Gasteiger partial charge in [0, 0.05) is 38.1 Å². The summed E-state index contributed by atoms with van der Waals surface area (Å²) < 4.78 is 2.68. The molecule has 192 valence electrons. The van der Waals surface area contributed by atoms with Gasteiger partial charge in [-0.15, -0.1) is 11.3 Å². The average molecular weight is 540 g/mol. The monoisotopic (exact) mass is 539 g/mol. The summed E-state index contributed by atoms with van der Waals surface area (Å²) in [6.07, 6.45) is 3.76. The van der Waals surface area contributed by atoms with Gasteiger partial charge in [-0.25, -0.2) is 0 Å². The van der Waals surface area contributed by atoms with Crippen LogP contribution in [0.25, 0.3) is 75.5 Å². The van der Waals surface area contributed by atoms with E-state index >= 15 is 0 Å². The number of rotatable bonds is 4. The Balaban J connectivity index is 1.23. The molecule has 0 aliphatic heterocycles. The van der Waals surface area contributed by atoms with Crippen molar-refractivity contribution < 1.29 is 0 Å². The third kappa shape index (κ3) is 4.04. The van der Waals surface area contributed by atoms with E-state index < -0.39 is 0 Å². The first-order valence-electron chi connectivity index (χ1n) is 13.9. The van der Waals surface area contributed by atoms with E-state index in [1.165, 1.54) is 69.9 Å². The highest BCUT2D eigenvalue weighted by Crippen LogP contribution is 2.44. The van der Waals surface area contributed by atoms with Crippen LogP contribution >= 0.6 is 11.3 Å². The second kappa shape index (κ2) is 9.85. The zero-order chi connectivity index (χ0) is 27.2. The lowest BCUT2D eigenvalue weighted by Crippen LogP contribution is -1.87. The van der Waals surface area contributed by atoms with Gasteiger partial charge in [0.2, 0.25) is 0 Å². The minimum atomic E-state index is 1.14. The first-order chi connectivity index (χ1) is 20.3. The molecule has 0 radical (unpaired) electrons. The van der Waals surface area contributed by atoms with Crippen LogP contribution in [0.3, 0.4) is 0 Å². The Morgan fingerprint density at radius 3 is 1.41 bits per heavy atom. The second-order valence-corrected chi connectivity index (χ2v) is 11.4. The lowest BCUT2D eigenvalue weighted by Gasteiger charge is -2.12. The standard InChI is InChI=1S/C39H25NS/c1-2-9-26(10-3-1)32-14-6-16-36-37-17-7-15-33(39(37)41-38(32)36)28-20-18-27(19-21-28)30-22-23-31(29-11-8-24-40-25-29)35-13-5-4-12-34(30)35/h1-25H. The fraction of sp³-hybridized carbons (Fsp3) is 0. The van der Waals surface area contributed by atoms with Crippen molar-refractivity contribution in [2.24, 2.45) is 0 Å². The molecule has 0 bridgehead atoms. The first kappa shape index (κ1) is 23.8. The topological polar surface area (TPSA) is 12.9 Å². The van der Waals surface area contributed by atoms with Crippen molar-refractivity contribution >= 4 is 42.3 Å². The Bertz CT molecular complexity index is 2180. The molecule has 0 spiro atoms. The molecule has 2 heteroatoms. The second-order valence-electron chi connectivity index (χ2n) is 10.4. The van der Waals surface area contributed by atoms with Gasteiger partial charge in [0.1, 0.15) is 0 Å². The Morgan fingerprint density at radius 1 is 0.341 bits per heavy atom. The number of hydrogen-bond donors (Lipinski definition) is 0. The average Bonchev–Trinajstić information content (AvgIpc) is 3.44. The van der Waals surface area contributed by atoms with Crippen LogP contribution in [0.15, 0.2) is 152 Å². The lowest BCUT2D eigenvalue weighted by atomic mass is 9.92. The Hall–Kier alpha value is -5.05. The van der Waals surface area contributed by atoms with Crippen LogP contribution in [0.1, 0.15) is 0 Å². The minimum Gasteiger partial charge on any atom is -0.264 e. The van der Waals surface area contributed by atoms with Crippen LogP contribution in [0.4, 0.5) is 0 Å². The van der Waals surface area contributed by atoms with Crippen LogP contribution in [-0.2, 0) is 0 Å². The van der Waals surface area contributed by atoms with E-state index in [1.807, 2.05) is 29.8 Å². The normalized spacial score (nSPS) is 11.4. The van der Waals surface area contributed by atoms with Crippen LogP contribution in [-0.4, -0.2) is 4.98 Å². The van der Waals surface area contributed by atoms with Crippen molar-refractivity contribution in [3.05, 3.63) is 152 Å². The third-order valence-corrected chi connectivity index (χ3v) is 9.30. The number of fused-ring (bicyclic) bond motifs is 4. The maximum Gasteiger partial charge on any atom is 0.0434 e. The molecule has 0 aliphatic rings. The minimum absolute atomic E-state index is 1.14. The molecule has 2 aromatic heterocycles. The first-order valence-corrected chi connectivity index (χ1v) is 14.7. The molecule has 41 heavy (non-hydrogen) atoms. The quantitative estimate of drug-likeness (QED) is 0.217. The van der Waals surface area contributed by atoms with Crippen LogP contribution in [0.5, 0.6) is 0 Å². The van der Waals surface area contributed by atoms with Gasteiger partial charge in [-0.05, 0) is 55.8 Å². The molecule has 0 unspecified atom stereocenters. The number of benzene rings is 6. The summed E-state index contributed by atoms with van der Waals surface area (Å²) in [4.78, 5) is 4.34. The molecule has 0 aliphatic carbocycles. The van der Waals surface area contributed by atoms with Gasteiger partial charge in [0.15, 0.2) is 0 Å². The van der Waals surface area contributed by atoms with Gasteiger partial charge in [-0.3, -0.25) is 4.98 Å². The number of aromatic nitrogens is 1. The Kier molecular flexibility index (Phi) is 5.72. The molecule has 0 saturated carbocycles. The molecule has 0 amide bonds. The van der Waals surface area contributed by atoms with E-state index in [0.717, 1.165) is 5.56 Å². The molecular weight excluding hydrogens is 515 g/mol. The molecular formula is C39H25NS. The molecule has 0 atom stereocenters. The van der Waals surface area contributed by atoms with Gasteiger partial charge in [-0.2, -0.15) is 0 Å². The van der Waals surface area contributed by atoms with E-state index in [9.17, 15) is 0 Å². The van der Waals surface area contributed by atoms with E-state index in [-0.39, 0.29) is 0 Å². The van der Waals surface area contributed by atoms with Crippen LogP contribution in [0.2, 0.25) is 0 Å². The highest BCUT2D eigenvalue weighted by atomic mass is 32.1. The Morgan fingerprint density at radius 2 is 0.829 bits per heavy atom. The molecule has 0 N–H and O–H groups in total. The number of nitrogens with zero attached hydrogens (tertiary/aromatic N) is 1. The summed E-state index contributed by atoms with van der Waals surface area (Å²) in [6, 6.07) is 50.4. The van der Waals surface area contributed by atoms with Crippen molar-refractivity contribution in [2.75, 3.05) is 0 Å². The fourth-order valence-electron chi connectivity index (χ4n) is 6.05. The molecule has 2 heterocycles. The largest absolute Gasteiger partial charge is 0.264 e. The van der Waals surface area contributed by atoms with Gasteiger partial charge >= 0.3 is 0 Å². The van der Waals surface area contributed by atoms with E-state index in [0.29, 0.717) is 0 Å². The number of hydrogen-bond acceptors (Lipinski definition) is 2. The summed E-state index contributed by atoms with van der Waals surface area (Å²) in [7, 11) is 0. The zero-order valence-corrected chi connectivity index (χ0v) is 23.1. The van der Waals surface area contributed by atoms with Gasteiger partial charge < -0.3 is 0 Å². The van der Waals surface area contributed by atoms with E-state index in [4.69, 9.17) is 0 Å². The SMILES string of the molecule is c1ccc(-c2cccc3c2sc2c(-c4ccc(-c5ccc(-c6cccnc6)c6ccccc56)cc4)cccc23)cc1. The maximum atomic E-state index is 4.34.